The number of hydrogen-bond acceptors (Lipinski definition) is 5. The molecule has 0 saturated carbocycles. The molecule has 1 saturated heterocycles. The summed E-state index contributed by atoms with van der Waals surface area (Å²) in [7, 11) is 1.42. The normalized spacial score (nSPS) is 14.8. The third kappa shape index (κ3) is 5.08. The summed E-state index contributed by atoms with van der Waals surface area (Å²) in [5.74, 6) is -1.97. The molecular weight excluding hydrogens is 542 g/mol. The van der Waals surface area contributed by atoms with Gasteiger partial charge in [0, 0.05) is 5.56 Å². The quantitative estimate of drug-likeness (QED) is 0.257. The number of nitrogens with one attached hydrogen (secondary N) is 1. The zero-order chi connectivity index (χ0) is 25.1. The second-order valence-corrected chi connectivity index (χ2v) is 8.56. The predicted octanol–water partition coefficient (Wildman–Crippen LogP) is 5.15. The Morgan fingerprint density at radius 3 is 2.43 bits per heavy atom. The van der Waals surface area contributed by atoms with E-state index in [0.29, 0.717) is 21.3 Å². The highest BCUT2D eigenvalue weighted by Crippen LogP contribution is 2.38. The maximum Gasteiger partial charge on any atom is 0.270 e. The lowest BCUT2D eigenvalue weighted by Crippen LogP contribution is -2.54. The summed E-state index contributed by atoms with van der Waals surface area (Å²) in [6.07, 6.45) is 1.33. The molecule has 2 amide bonds. The van der Waals surface area contributed by atoms with E-state index in [0.717, 1.165) is 4.90 Å². The van der Waals surface area contributed by atoms with Crippen LogP contribution in [-0.4, -0.2) is 24.0 Å². The van der Waals surface area contributed by atoms with Crippen LogP contribution in [0.1, 0.15) is 11.1 Å². The number of amides is 2. The Kier molecular flexibility index (Phi) is 7.23. The molecule has 6 nitrogen and oxygen atoms in total. The van der Waals surface area contributed by atoms with Crippen LogP contribution in [0.15, 0.2) is 70.7 Å². The highest BCUT2D eigenvalue weighted by molar-refractivity contribution is 9.10. The predicted molar refractivity (Wildman–Crippen MR) is 134 cm³/mol. The van der Waals surface area contributed by atoms with E-state index in [9.17, 15) is 18.4 Å². The zero-order valence-electron chi connectivity index (χ0n) is 18.2. The van der Waals surface area contributed by atoms with Crippen LogP contribution < -0.4 is 19.7 Å². The third-order valence-electron chi connectivity index (χ3n) is 5.09. The SMILES string of the molecule is COc1cc(/C=C2\C(=O)NC(=S)N(c3ccccc3F)C2=O)cc(Br)c1OCc1ccccc1F. The van der Waals surface area contributed by atoms with Gasteiger partial charge < -0.3 is 9.47 Å². The van der Waals surface area contributed by atoms with Crippen LogP contribution in [-0.2, 0) is 16.2 Å². The van der Waals surface area contributed by atoms with E-state index in [1.54, 1.807) is 36.4 Å². The lowest BCUT2D eigenvalue weighted by molar-refractivity contribution is -0.122. The molecule has 1 heterocycles. The Bertz CT molecular complexity index is 1380. The largest absolute Gasteiger partial charge is 0.493 e. The van der Waals surface area contributed by atoms with Crippen LogP contribution in [0.3, 0.4) is 0 Å². The van der Waals surface area contributed by atoms with Gasteiger partial charge in [-0.15, -0.1) is 0 Å². The Hall–Kier alpha value is -3.63. The number of benzene rings is 3. The van der Waals surface area contributed by atoms with Crippen LogP contribution >= 0.6 is 28.1 Å². The summed E-state index contributed by atoms with van der Waals surface area (Å²) >= 11 is 8.50. The van der Waals surface area contributed by atoms with Gasteiger partial charge in [-0.1, -0.05) is 30.3 Å². The molecule has 0 spiro atoms. The van der Waals surface area contributed by atoms with E-state index in [2.05, 4.69) is 21.2 Å². The molecule has 3 aromatic carbocycles. The van der Waals surface area contributed by atoms with E-state index in [1.807, 2.05) is 0 Å². The molecule has 0 aliphatic carbocycles. The van der Waals surface area contributed by atoms with Gasteiger partial charge in [0.25, 0.3) is 11.8 Å². The van der Waals surface area contributed by atoms with E-state index in [-0.39, 0.29) is 28.7 Å². The molecule has 178 valence electrons. The van der Waals surface area contributed by atoms with Gasteiger partial charge >= 0.3 is 0 Å². The van der Waals surface area contributed by atoms with Gasteiger partial charge in [0.2, 0.25) is 0 Å². The molecule has 0 radical (unpaired) electrons. The smallest absolute Gasteiger partial charge is 0.270 e. The van der Waals surface area contributed by atoms with Gasteiger partial charge in [-0.3, -0.25) is 14.9 Å². The van der Waals surface area contributed by atoms with Crippen molar-refractivity contribution in [3.8, 4) is 11.5 Å². The number of carbonyl (C=O) groups is 2. The Morgan fingerprint density at radius 2 is 1.74 bits per heavy atom. The molecule has 0 unspecified atom stereocenters. The summed E-state index contributed by atoms with van der Waals surface area (Å²) in [5.41, 5.74) is 0.452. The molecule has 1 fully saturated rings. The molecule has 4 rings (SSSR count). The first-order valence-corrected chi connectivity index (χ1v) is 11.4. The monoisotopic (exact) mass is 558 g/mol. The number of hydrogen-bond donors (Lipinski definition) is 1. The number of thiocarbonyl (C=S) groups is 1. The van der Waals surface area contributed by atoms with Crippen molar-refractivity contribution in [2.24, 2.45) is 0 Å². The summed E-state index contributed by atoms with van der Waals surface area (Å²) in [6, 6.07) is 15.0. The topological polar surface area (TPSA) is 67.9 Å². The summed E-state index contributed by atoms with van der Waals surface area (Å²) in [4.78, 5) is 26.6. The highest BCUT2D eigenvalue weighted by Gasteiger charge is 2.35. The van der Waals surface area contributed by atoms with E-state index < -0.39 is 23.4 Å². The first-order valence-electron chi connectivity index (χ1n) is 10.2. The zero-order valence-corrected chi connectivity index (χ0v) is 20.6. The Labute approximate surface area is 213 Å². The van der Waals surface area contributed by atoms with Crippen LogP contribution in [0.4, 0.5) is 14.5 Å². The van der Waals surface area contributed by atoms with Gasteiger partial charge in [-0.25, -0.2) is 13.7 Å². The molecule has 35 heavy (non-hydrogen) atoms. The minimum Gasteiger partial charge on any atom is -0.493 e. The Morgan fingerprint density at radius 1 is 1.06 bits per heavy atom. The number of ether oxygens (including phenoxy) is 2. The minimum absolute atomic E-state index is 0.0436. The van der Waals surface area contributed by atoms with Crippen molar-refractivity contribution >= 4 is 56.8 Å². The lowest BCUT2D eigenvalue weighted by Gasteiger charge is -2.29. The second-order valence-electron chi connectivity index (χ2n) is 7.32. The fourth-order valence-corrected chi connectivity index (χ4v) is 4.25. The molecule has 0 aromatic heterocycles. The number of para-hydroxylation sites is 1. The van der Waals surface area contributed by atoms with Gasteiger partial charge in [-0.05, 0) is 70.1 Å². The second kappa shape index (κ2) is 10.3. The van der Waals surface area contributed by atoms with Crippen molar-refractivity contribution in [3.63, 3.8) is 0 Å². The molecule has 1 N–H and O–H groups in total. The standard InChI is InChI=1S/C25H17BrF2N2O4S/c1-33-21-12-14(11-17(26)22(21)34-13-15-6-2-3-7-18(15)27)10-16-23(31)29-25(35)30(24(16)32)20-9-5-4-8-19(20)28/h2-12H,13H2,1H3,(H,29,31,35)/b16-10+. The molecule has 10 heteroatoms. The van der Waals surface area contributed by atoms with Gasteiger partial charge in [-0.2, -0.15) is 0 Å². The summed E-state index contributed by atoms with van der Waals surface area (Å²) in [6.45, 7) is -0.0436. The van der Waals surface area contributed by atoms with E-state index >= 15 is 0 Å². The van der Waals surface area contributed by atoms with Crippen molar-refractivity contribution in [1.82, 2.24) is 5.32 Å². The van der Waals surface area contributed by atoms with E-state index in [1.165, 1.54) is 37.5 Å². The average Bonchev–Trinajstić information content (AvgIpc) is 2.83. The van der Waals surface area contributed by atoms with Crippen LogP contribution in [0, 0.1) is 11.6 Å². The number of nitrogens with zero attached hydrogens (tertiary/aromatic N) is 1. The summed E-state index contributed by atoms with van der Waals surface area (Å²) in [5, 5.41) is 2.19. The van der Waals surface area contributed by atoms with E-state index in [4.69, 9.17) is 21.7 Å². The van der Waals surface area contributed by atoms with Crippen LogP contribution in [0.5, 0.6) is 11.5 Å². The molecule has 0 atom stereocenters. The molecular formula is C25H17BrF2N2O4S. The molecule has 1 aliphatic heterocycles. The molecule has 0 bridgehead atoms. The number of carbonyl (C=O) groups excluding carboxylic acids is 2. The van der Waals surface area contributed by atoms with Crippen molar-refractivity contribution in [1.29, 1.82) is 0 Å². The minimum atomic E-state index is -0.779. The average molecular weight is 559 g/mol. The van der Waals surface area contributed by atoms with Gasteiger partial charge in [0.05, 0.1) is 17.3 Å². The van der Waals surface area contributed by atoms with Crippen molar-refractivity contribution in [3.05, 3.63) is 93.5 Å². The number of rotatable bonds is 6. The molecule has 1 aliphatic rings. The first-order chi connectivity index (χ1) is 16.8. The maximum atomic E-state index is 14.3. The van der Waals surface area contributed by atoms with Gasteiger partial charge in [0.15, 0.2) is 16.6 Å². The van der Waals surface area contributed by atoms with Crippen molar-refractivity contribution < 1.29 is 27.8 Å². The van der Waals surface area contributed by atoms with Crippen LogP contribution in [0.25, 0.3) is 6.08 Å². The maximum absolute atomic E-state index is 14.3. The number of methoxy groups -OCH3 is 1. The third-order valence-corrected chi connectivity index (χ3v) is 5.96. The van der Waals surface area contributed by atoms with Gasteiger partial charge in [0.1, 0.15) is 23.8 Å². The number of halogens is 3. The molecule has 3 aromatic rings. The fraction of sp³-hybridized carbons (Fsp3) is 0.0800. The number of anilines is 1. The fourth-order valence-electron chi connectivity index (χ4n) is 3.40. The lowest BCUT2D eigenvalue weighted by atomic mass is 10.1. The highest BCUT2D eigenvalue weighted by atomic mass is 79.9. The van der Waals surface area contributed by atoms with Crippen LogP contribution in [0.2, 0.25) is 0 Å². The summed E-state index contributed by atoms with van der Waals surface area (Å²) < 4.78 is 39.9. The van der Waals surface area contributed by atoms with Crippen molar-refractivity contribution in [2.75, 3.05) is 12.0 Å². The Balaban J connectivity index is 1.66. The van der Waals surface area contributed by atoms with Crippen molar-refractivity contribution in [2.45, 2.75) is 6.61 Å². The first kappa shape index (κ1) is 24.5.